The maximum atomic E-state index is 16.0. The fraction of sp³-hybridized carbons (Fsp3) is 0.438. The number of aromatic nitrogens is 3. The third-order valence-electron chi connectivity index (χ3n) is 9.89. The largest absolute Gasteiger partial charge is 0.417 e. The van der Waals surface area contributed by atoms with Crippen LogP contribution in [0.5, 0.6) is 0 Å². The number of rotatable bonds is 3. The predicted molar refractivity (Wildman–Crippen MR) is 183 cm³/mol. The number of alkyl halides is 3. The molecule has 5 heterocycles. The summed E-state index contributed by atoms with van der Waals surface area (Å²) in [5.41, 5.74) is 1.48. The van der Waals surface area contributed by atoms with E-state index in [1.54, 1.807) is 23.6 Å². The average Bonchev–Trinajstić information content (AvgIpc) is 3.34. The molecule has 0 bridgehead atoms. The molecule has 10 nitrogen and oxygen atoms in total. The van der Waals surface area contributed by atoms with E-state index in [4.69, 9.17) is 5.73 Å². The van der Waals surface area contributed by atoms with Gasteiger partial charge >= 0.3 is 11.9 Å². The second-order valence-corrected chi connectivity index (χ2v) is 17.6. The zero-order valence-corrected chi connectivity index (χ0v) is 29.3. The van der Waals surface area contributed by atoms with E-state index < -0.39 is 67.5 Å². The Bertz CT molecular complexity index is 2260. The van der Waals surface area contributed by atoms with E-state index in [2.05, 4.69) is 16.5 Å². The molecular weight excluding hydrogens is 724 g/mol. The molecule has 18 heteroatoms. The summed E-state index contributed by atoms with van der Waals surface area (Å²) in [6.45, 7) is 7.33. The number of carbonyl (C=O) groups excluding carboxylic acids is 1. The summed E-state index contributed by atoms with van der Waals surface area (Å²) in [6, 6.07) is 0.480. The van der Waals surface area contributed by atoms with Crippen LogP contribution in [0.15, 0.2) is 34.5 Å². The molecule has 0 radical (unpaired) electrons. The van der Waals surface area contributed by atoms with E-state index >= 15 is 17.6 Å². The molecule has 2 N–H and O–H groups in total. The lowest BCUT2D eigenvalue weighted by Crippen LogP contribution is -2.58. The van der Waals surface area contributed by atoms with Crippen LogP contribution in [0, 0.1) is 17.0 Å². The number of anilines is 2. The van der Waals surface area contributed by atoms with Crippen molar-refractivity contribution in [3.63, 3.8) is 0 Å². The molecule has 4 aromatic rings. The number of fused-ring (bicyclic) bond motifs is 1. The summed E-state index contributed by atoms with van der Waals surface area (Å²) >= 11 is 1.65. The van der Waals surface area contributed by atoms with Crippen molar-refractivity contribution >= 4 is 70.9 Å². The second-order valence-electron chi connectivity index (χ2n) is 13.3. The number of carbonyl (C=O) groups is 1. The summed E-state index contributed by atoms with van der Waals surface area (Å²) in [7, 11) is -3.36. The molecule has 3 aliphatic rings. The average molecular weight is 755 g/mol. The minimum Gasteiger partial charge on any atom is -0.375 e. The van der Waals surface area contributed by atoms with Crippen molar-refractivity contribution in [2.45, 2.75) is 56.4 Å². The summed E-state index contributed by atoms with van der Waals surface area (Å²) in [4.78, 5) is 38.3. The summed E-state index contributed by atoms with van der Waals surface area (Å²) < 4.78 is 103. The van der Waals surface area contributed by atoms with Gasteiger partial charge in [0.2, 0.25) is 5.91 Å². The first-order valence-electron chi connectivity index (χ1n) is 15.7. The van der Waals surface area contributed by atoms with Gasteiger partial charge in [-0.15, -0.1) is 11.8 Å². The number of nitrogens with zero attached hydrogens (tertiary/aromatic N) is 5. The van der Waals surface area contributed by atoms with Crippen LogP contribution in [0.3, 0.4) is 0 Å². The topological polar surface area (TPSA) is 131 Å². The van der Waals surface area contributed by atoms with Crippen LogP contribution in [0.1, 0.15) is 32.3 Å². The minimum atomic E-state index is -5.08. The first-order chi connectivity index (χ1) is 23.4. The van der Waals surface area contributed by atoms with Crippen molar-refractivity contribution in [1.29, 1.82) is 0 Å². The standard InChI is InChI=1S/C32H31F5N6O4S3/c1-4-21(44)43-15(2)11-41(12-16(43)3)28-17-9-18(32(35,36)37)22(23-19(33)10-20(34)26-24(23)39-29(38)49-26)27-25(17)42(30(45)40-28)13-31(14-48-27)5-7-50(46,47)8-6-31/h4,9-10,15-16H,1,5-8,11-14H2,2-3H3,(H2,38,39)/t15-,16+. The number of piperazine rings is 1. The summed E-state index contributed by atoms with van der Waals surface area (Å²) in [6.07, 6.45) is -3.59. The van der Waals surface area contributed by atoms with E-state index in [1.807, 2.05) is 0 Å². The Hall–Kier alpha value is -3.77. The van der Waals surface area contributed by atoms with E-state index in [0.717, 1.165) is 17.8 Å². The van der Waals surface area contributed by atoms with Crippen molar-refractivity contribution in [3.8, 4) is 11.1 Å². The monoisotopic (exact) mass is 754 g/mol. The Balaban J connectivity index is 1.55. The summed E-state index contributed by atoms with van der Waals surface area (Å²) in [5.74, 6) is -2.89. The quantitative estimate of drug-likeness (QED) is 0.214. The van der Waals surface area contributed by atoms with Crippen LogP contribution in [0.4, 0.5) is 32.9 Å². The maximum absolute atomic E-state index is 16.0. The van der Waals surface area contributed by atoms with Gasteiger partial charge in [0.05, 0.1) is 32.8 Å². The number of benzene rings is 2. The molecule has 7 rings (SSSR count). The number of halogens is 5. The van der Waals surface area contributed by atoms with E-state index in [-0.39, 0.29) is 92.6 Å². The van der Waals surface area contributed by atoms with Crippen molar-refractivity contribution in [1.82, 2.24) is 19.4 Å². The van der Waals surface area contributed by atoms with Crippen LogP contribution in [0.2, 0.25) is 0 Å². The van der Waals surface area contributed by atoms with Gasteiger partial charge in [-0.25, -0.2) is 27.0 Å². The van der Waals surface area contributed by atoms with Gasteiger partial charge in [-0.1, -0.05) is 17.9 Å². The summed E-state index contributed by atoms with van der Waals surface area (Å²) in [5, 5.41) is -0.204. The van der Waals surface area contributed by atoms with Crippen LogP contribution in [0.25, 0.3) is 32.2 Å². The molecule has 1 spiro atoms. The number of hydrogen-bond acceptors (Lipinski definition) is 10. The highest BCUT2D eigenvalue weighted by molar-refractivity contribution is 7.99. The van der Waals surface area contributed by atoms with Gasteiger partial charge in [-0.05, 0) is 44.2 Å². The first-order valence-corrected chi connectivity index (χ1v) is 19.3. The minimum absolute atomic E-state index is 0.0249. The van der Waals surface area contributed by atoms with E-state index in [9.17, 15) is 22.4 Å². The lowest BCUT2D eigenvalue weighted by atomic mass is 9.83. The molecule has 266 valence electrons. The number of sulfone groups is 1. The molecule has 0 unspecified atom stereocenters. The SMILES string of the molecule is C=CC(=O)N1[C@H](C)CN(c2nc(=O)n3c4c(c(-c5c(F)cc(F)c6sc(N)nc56)c(C(F)(F)F)cc24)SCC2(CCS(=O)(=O)CC2)C3)C[C@@H]1C. The molecular formula is C32H31F5N6O4S3. The Morgan fingerprint density at radius 3 is 2.36 bits per heavy atom. The molecule has 0 aliphatic carbocycles. The highest BCUT2D eigenvalue weighted by Gasteiger charge is 2.44. The number of thioether (sulfide) groups is 1. The van der Waals surface area contributed by atoms with Gasteiger partial charge in [-0.2, -0.15) is 18.2 Å². The lowest BCUT2D eigenvalue weighted by Gasteiger charge is -2.44. The number of amides is 1. The Labute approximate surface area is 291 Å². The Kier molecular flexibility index (Phi) is 8.25. The van der Waals surface area contributed by atoms with Crippen LogP contribution >= 0.6 is 23.1 Å². The molecule has 1 amide bonds. The van der Waals surface area contributed by atoms with Gasteiger partial charge in [0.25, 0.3) is 0 Å². The van der Waals surface area contributed by atoms with Gasteiger partial charge < -0.3 is 15.5 Å². The molecule has 3 aliphatic heterocycles. The fourth-order valence-corrected chi connectivity index (χ4v) is 11.6. The second kappa shape index (κ2) is 11.9. The van der Waals surface area contributed by atoms with E-state index in [1.165, 1.54) is 10.6 Å². The Morgan fingerprint density at radius 2 is 1.74 bits per heavy atom. The van der Waals surface area contributed by atoms with Crippen LogP contribution in [-0.4, -0.2) is 76.2 Å². The van der Waals surface area contributed by atoms with Crippen molar-refractivity contribution in [2.75, 3.05) is 41.0 Å². The molecule has 2 saturated heterocycles. The number of nitrogen functional groups attached to an aromatic ring is 1. The predicted octanol–water partition coefficient (Wildman–Crippen LogP) is 5.46. The molecule has 2 aromatic carbocycles. The van der Waals surface area contributed by atoms with Crippen molar-refractivity contribution < 1.29 is 35.2 Å². The zero-order valence-electron chi connectivity index (χ0n) is 26.8. The first kappa shape index (κ1) is 34.7. The number of hydrogen-bond donors (Lipinski definition) is 1. The fourth-order valence-electron chi connectivity index (χ4n) is 7.58. The van der Waals surface area contributed by atoms with Crippen LogP contribution < -0.4 is 16.3 Å². The van der Waals surface area contributed by atoms with Gasteiger partial charge in [0.15, 0.2) is 5.13 Å². The number of thiazole rings is 1. The number of nitrogens with two attached hydrogens (primary N) is 1. The molecule has 2 atom stereocenters. The molecule has 0 saturated carbocycles. The highest BCUT2D eigenvalue weighted by Crippen LogP contribution is 2.53. The van der Waals surface area contributed by atoms with Gasteiger partial charge in [0.1, 0.15) is 27.3 Å². The molecule has 2 aromatic heterocycles. The third kappa shape index (κ3) is 5.62. The maximum Gasteiger partial charge on any atom is 0.417 e. The third-order valence-corrected chi connectivity index (χ3v) is 13.9. The van der Waals surface area contributed by atoms with E-state index in [0.29, 0.717) is 17.4 Å². The molecule has 2 fully saturated rings. The van der Waals surface area contributed by atoms with Crippen molar-refractivity contribution in [3.05, 3.63) is 52.5 Å². The normalized spacial score (nSPS) is 21.9. The molecule has 50 heavy (non-hydrogen) atoms. The lowest BCUT2D eigenvalue weighted by molar-refractivity contribution is -0.137. The smallest absolute Gasteiger partial charge is 0.375 e. The highest BCUT2D eigenvalue weighted by atomic mass is 32.2. The van der Waals surface area contributed by atoms with Crippen LogP contribution in [-0.2, 0) is 27.4 Å². The van der Waals surface area contributed by atoms with Gasteiger partial charge in [0, 0.05) is 64.9 Å². The zero-order chi connectivity index (χ0) is 36.1. The van der Waals surface area contributed by atoms with Gasteiger partial charge in [-0.3, -0.25) is 9.36 Å². The Morgan fingerprint density at radius 1 is 1.08 bits per heavy atom. The van der Waals surface area contributed by atoms with Crippen molar-refractivity contribution in [2.24, 2.45) is 5.41 Å².